The van der Waals surface area contributed by atoms with Crippen LogP contribution in [0.15, 0.2) is 36.4 Å². The van der Waals surface area contributed by atoms with Crippen molar-refractivity contribution in [3.05, 3.63) is 62.6 Å². The van der Waals surface area contributed by atoms with Gasteiger partial charge in [0, 0.05) is 22.2 Å². The Morgan fingerprint density at radius 1 is 1.05 bits per heavy atom. The molecule has 2 rings (SSSR count). The van der Waals surface area contributed by atoms with Gasteiger partial charge in [-0.3, -0.25) is 4.79 Å². The van der Waals surface area contributed by atoms with Crippen molar-refractivity contribution in [2.45, 2.75) is 6.42 Å². The highest BCUT2D eigenvalue weighted by molar-refractivity contribution is 6.35. The van der Waals surface area contributed by atoms with Crippen molar-refractivity contribution in [3.8, 4) is 0 Å². The Morgan fingerprint density at radius 3 is 2.48 bits per heavy atom. The van der Waals surface area contributed by atoms with Gasteiger partial charge in [0.15, 0.2) is 0 Å². The van der Waals surface area contributed by atoms with E-state index in [1.165, 1.54) is 0 Å². The first-order chi connectivity index (χ1) is 9.97. The summed E-state index contributed by atoms with van der Waals surface area (Å²) in [6.07, 6.45) is 0.616. The lowest BCUT2D eigenvalue weighted by molar-refractivity contribution is 0.0954. The Labute approximate surface area is 138 Å². The lowest BCUT2D eigenvalue weighted by Crippen LogP contribution is -2.25. The van der Waals surface area contributed by atoms with Crippen LogP contribution in [0, 0.1) is 0 Å². The van der Waals surface area contributed by atoms with Crippen LogP contribution in [-0.2, 0) is 6.42 Å². The van der Waals surface area contributed by atoms with Crippen molar-refractivity contribution in [3.63, 3.8) is 0 Å². The van der Waals surface area contributed by atoms with E-state index >= 15 is 0 Å². The molecule has 0 spiro atoms. The molecule has 21 heavy (non-hydrogen) atoms. The largest absolute Gasteiger partial charge is 0.398 e. The SMILES string of the molecule is Nc1cc(C(=O)NCCc2ccc(Cl)cc2Cl)ccc1Cl. The average molecular weight is 344 g/mol. The summed E-state index contributed by atoms with van der Waals surface area (Å²) in [5.41, 5.74) is 7.45. The molecule has 2 aromatic rings. The van der Waals surface area contributed by atoms with Crippen LogP contribution in [0.3, 0.4) is 0 Å². The number of halogens is 3. The first-order valence-corrected chi connectivity index (χ1v) is 7.38. The van der Waals surface area contributed by atoms with Crippen LogP contribution in [0.1, 0.15) is 15.9 Å². The Balaban J connectivity index is 1.93. The Morgan fingerprint density at radius 2 is 1.81 bits per heavy atom. The molecule has 0 radical (unpaired) electrons. The monoisotopic (exact) mass is 342 g/mol. The number of carbonyl (C=O) groups is 1. The number of carbonyl (C=O) groups excluding carboxylic acids is 1. The summed E-state index contributed by atoms with van der Waals surface area (Å²) < 4.78 is 0. The van der Waals surface area contributed by atoms with Crippen molar-refractivity contribution < 1.29 is 4.79 Å². The number of hydrogen-bond acceptors (Lipinski definition) is 2. The van der Waals surface area contributed by atoms with E-state index in [1.807, 2.05) is 6.07 Å². The molecule has 110 valence electrons. The fourth-order valence-corrected chi connectivity index (χ4v) is 2.44. The first-order valence-electron chi connectivity index (χ1n) is 6.24. The molecule has 6 heteroatoms. The van der Waals surface area contributed by atoms with E-state index in [0.717, 1.165) is 5.56 Å². The number of nitrogen functional groups attached to an aromatic ring is 1. The number of nitrogens with two attached hydrogens (primary N) is 1. The maximum atomic E-state index is 12.0. The van der Waals surface area contributed by atoms with E-state index in [2.05, 4.69) is 5.32 Å². The number of amides is 1. The number of benzene rings is 2. The van der Waals surface area contributed by atoms with Gasteiger partial charge in [0.25, 0.3) is 5.91 Å². The Kier molecular flexibility index (Phi) is 5.34. The maximum absolute atomic E-state index is 12.0. The molecule has 0 saturated heterocycles. The number of hydrogen-bond donors (Lipinski definition) is 2. The molecule has 1 amide bonds. The van der Waals surface area contributed by atoms with Gasteiger partial charge in [-0.15, -0.1) is 0 Å². The molecular weight excluding hydrogens is 331 g/mol. The standard InChI is InChI=1S/C15H13Cl3N2O/c16-11-3-1-9(13(18)8-11)5-6-20-15(21)10-2-4-12(17)14(19)7-10/h1-4,7-8H,5-6,19H2,(H,20,21). The molecule has 0 aliphatic heterocycles. The van der Waals surface area contributed by atoms with Crippen molar-refractivity contribution in [1.82, 2.24) is 5.32 Å². The van der Waals surface area contributed by atoms with Crippen molar-refractivity contribution in [1.29, 1.82) is 0 Å². The smallest absolute Gasteiger partial charge is 0.251 e. The molecule has 0 aliphatic rings. The van der Waals surface area contributed by atoms with Gasteiger partial charge in [-0.1, -0.05) is 40.9 Å². The normalized spacial score (nSPS) is 10.4. The van der Waals surface area contributed by atoms with E-state index in [9.17, 15) is 4.79 Å². The minimum atomic E-state index is -0.205. The van der Waals surface area contributed by atoms with E-state index in [0.29, 0.717) is 39.3 Å². The zero-order chi connectivity index (χ0) is 15.4. The minimum absolute atomic E-state index is 0.205. The van der Waals surface area contributed by atoms with Crippen molar-refractivity contribution in [2.75, 3.05) is 12.3 Å². The average Bonchev–Trinajstić information content (AvgIpc) is 2.44. The molecule has 0 heterocycles. The van der Waals surface area contributed by atoms with E-state index in [4.69, 9.17) is 40.5 Å². The highest BCUT2D eigenvalue weighted by Gasteiger charge is 2.08. The quantitative estimate of drug-likeness (QED) is 0.817. The highest BCUT2D eigenvalue weighted by atomic mass is 35.5. The summed E-state index contributed by atoms with van der Waals surface area (Å²) in [6, 6.07) is 10.1. The van der Waals surface area contributed by atoms with Crippen LogP contribution in [0.2, 0.25) is 15.1 Å². The molecule has 0 fully saturated rings. The minimum Gasteiger partial charge on any atom is -0.398 e. The van der Waals surface area contributed by atoms with Gasteiger partial charge in [-0.2, -0.15) is 0 Å². The Bertz CT molecular complexity index is 674. The first kappa shape index (κ1) is 16.0. The fraction of sp³-hybridized carbons (Fsp3) is 0.133. The van der Waals surface area contributed by atoms with Crippen molar-refractivity contribution in [2.24, 2.45) is 0 Å². The molecular formula is C15H13Cl3N2O. The molecule has 0 unspecified atom stereocenters. The molecule has 0 saturated carbocycles. The maximum Gasteiger partial charge on any atom is 0.251 e. The predicted molar refractivity (Wildman–Crippen MR) is 88.4 cm³/mol. The van der Waals surface area contributed by atoms with Crippen LogP contribution in [-0.4, -0.2) is 12.5 Å². The third-order valence-electron chi connectivity index (χ3n) is 2.95. The summed E-state index contributed by atoms with van der Waals surface area (Å²) in [6.45, 7) is 0.461. The van der Waals surface area contributed by atoms with Gasteiger partial charge in [-0.25, -0.2) is 0 Å². The van der Waals surface area contributed by atoms with E-state index in [1.54, 1.807) is 30.3 Å². The fourth-order valence-electron chi connectivity index (χ4n) is 1.82. The topological polar surface area (TPSA) is 55.1 Å². The summed E-state index contributed by atoms with van der Waals surface area (Å²) in [5, 5.41) is 4.41. The lowest BCUT2D eigenvalue weighted by atomic mass is 10.1. The zero-order valence-electron chi connectivity index (χ0n) is 11.0. The van der Waals surface area contributed by atoms with Gasteiger partial charge in [0.2, 0.25) is 0 Å². The molecule has 0 aromatic heterocycles. The van der Waals surface area contributed by atoms with Crippen LogP contribution in [0.5, 0.6) is 0 Å². The third kappa shape index (κ3) is 4.27. The van der Waals surface area contributed by atoms with E-state index in [-0.39, 0.29) is 5.91 Å². The summed E-state index contributed by atoms with van der Waals surface area (Å²) in [4.78, 5) is 12.0. The molecule has 3 nitrogen and oxygen atoms in total. The van der Waals surface area contributed by atoms with Crippen LogP contribution in [0.25, 0.3) is 0 Å². The third-order valence-corrected chi connectivity index (χ3v) is 3.88. The second-order valence-corrected chi connectivity index (χ2v) is 5.73. The molecule has 0 aliphatic carbocycles. The van der Waals surface area contributed by atoms with Crippen LogP contribution >= 0.6 is 34.8 Å². The zero-order valence-corrected chi connectivity index (χ0v) is 13.3. The highest BCUT2D eigenvalue weighted by Crippen LogP contribution is 2.21. The molecule has 0 bridgehead atoms. The molecule has 3 N–H and O–H groups in total. The van der Waals surface area contributed by atoms with Gasteiger partial charge in [0.05, 0.1) is 10.7 Å². The van der Waals surface area contributed by atoms with Gasteiger partial charge in [0.1, 0.15) is 0 Å². The predicted octanol–water partition coefficient (Wildman–Crippen LogP) is 4.20. The lowest BCUT2D eigenvalue weighted by Gasteiger charge is -2.08. The summed E-state index contributed by atoms with van der Waals surface area (Å²) in [5.74, 6) is -0.205. The van der Waals surface area contributed by atoms with Gasteiger partial charge >= 0.3 is 0 Å². The Hall–Kier alpha value is -1.42. The number of rotatable bonds is 4. The van der Waals surface area contributed by atoms with Gasteiger partial charge in [-0.05, 0) is 42.3 Å². The molecule has 2 aromatic carbocycles. The van der Waals surface area contributed by atoms with Crippen LogP contribution < -0.4 is 11.1 Å². The molecule has 0 atom stereocenters. The summed E-state index contributed by atoms with van der Waals surface area (Å²) >= 11 is 17.7. The van der Waals surface area contributed by atoms with Crippen molar-refractivity contribution >= 4 is 46.4 Å². The van der Waals surface area contributed by atoms with Crippen LogP contribution in [0.4, 0.5) is 5.69 Å². The summed E-state index contributed by atoms with van der Waals surface area (Å²) in [7, 11) is 0. The number of nitrogens with one attached hydrogen (secondary N) is 1. The second-order valence-electron chi connectivity index (χ2n) is 4.48. The van der Waals surface area contributed by atoms with E-state index < -0.39 is 0 Å². The number of anilines is 1. The second kappa shape index (κ2) is 7.03. The van der Waals surface area contributed by atoms with Gasteiger partial charge < -0.3 is 11.1 Å².